The molecule has 0 unspecified atom stereocenters. The fourth-order valence-corrected chi connectivity index (χ4v) is 2.80. The van der Waals surface area contributed by atoms with Gasteiger partial charge in [0.25, 0.3) is 0 Å². The average molecular weight is 307 g/mol. The van der Waals surface area contributed by atoms with E-state index in [2.05, 4.69) is 38.4 Å². The summed E-state index contributed by atoms with van der Waals surface area (Å²) in [6.07, 6.45) is 8.72. The molecule has 5 nitrogen and oxygen atoms in total. The second-order valence-electron chi connectivity index (χ2n) is 5.82. The van der Waals surface area contributed by atoms with Crippen LogP contribution in [0.15, 0.2) is 36.7 Å². The number of anilines is 2. The van der Waals surface area contributed by atoms with Gasteiger partial charge in [-0.1, -0.05) is 18.9 Å². The first-order chi connectivity index (χ1) is 11.3. The van der Waals surface area contributed by atoms with E-state index in [1.165, 1.54) is 25.7 Å². The average Bonchev–Trinajstić information content (AvgIpc) is 2.90. The lowest BCUT2D eigenvalue weighted by Gasteiger charge is -2.21. The smallest absolute Gasteiger partial charge is 0.128 e. The lowest BCUT2D eigenvalue weighted by molar-refractivity contribution is 0.726. The Balaban J connectivity index is 1.59. The van der Waals surface area contributed by atoms with Crippen LogP contribution >= 0.6 is 0 Å². The number of hydrogen-bond donors (Lipinski definition) is 1. The van der Waals surface area contributed by atoms with E-state index in [-0.39, 0.29) is 0 Å². The minimum atomic E-state index is 0.608. The Bertz CT molecular complexity index is 667. The minimum absolute atomic E-state index is 0.608. The second-order valence-corrected chi connectivity index (χ2v) is 5.82. The van der Waals surface area contributed by atoms with Crippen LogP contribution in [-0.4, -0.2) is 23.1 Å². The van der Waals surface area contributed by atoms with Gasteiger partial charge >= 0.3 is 0 Å². The number of pyridine rings is 2. The van der Waals surface area contributed by atoms with Crippen LogP contribution in [0.25, 0.3) is 0 Å². The molecule has 0 amide bonds. The van der Waals surface area contributed by atoms with Crippen LogP contribution in [0, 0.1) is 11.3 Å². The highest BCUT2D eigenvalue weighted by Gasteiger charge is 2.10. The minimum Gasteiger partial charge on any atom is -0.366 e. The van der Waals surface area contributed by atoms with E-state index in [4.69, 9.17) is 5.26 Å². The van der Waals surface area contributed by atoms with Crippen molar-refractivity contribution in [1.82, 2.24) is 9.97 Å². The summed E-state index contributed by atoms with van der Waals surface area (Å²) in [7, 11) is 0. The van der Waals surface area contributed by atoms with Gasteiger partial charge in [0, 0.05) is 32.0 Å². The molecule has 1 saturated heterocycles. The molecule has 0 bridgehead atoms. The molecule has 1 aliphatic heterocycles. The first-order valence-electron chi connectivity index (χ1n) is 8.15. The van der Waals surface area contributed by atoms with E-state index in [9.17, 15) is 0 Å². The molecule has 3 rings (SSSR count). The molecule has 2 aromatic rings. The lowest BCUT2D eigenvalue weighted by Crippen LogP contribution is -2.24. The summed E-state index contributed by atoms with van der Waals surface area (Å²) in [4.78, 5) is 11.2. The highest BCUT2D eigenvalue weighted by molar-refractivity contribution is 5.44. The fraction of sp³-hybridized carbons (Fsp3) is 0.389. The molecule has 0 radical (unpaired) electrons. The zero-order valence-electron chi connectivity index (χ0n) is 13.2. The number of aromatic nitrogens is 2. The van der Waals surface area contributed by atoms with Crippen molar-refractivity contribution in [2.45, 2.75) is 32.2 Å². The van der Waals surface area contributed by atoms with Gasteiger partial charge in [0.05, 0.1) is 11.6 Å². The first kappa shape index (κ1) is 15.3. The molecular weight excluding hydrogens is 286 g/mol. The molecule has 1 fully saturated rings. The maximum Gasteiger partial charge on any atom is 0.128 e. The Labute approximate surface area is 137 Å². The maximum absolute atomic E-state index is 8.90. The second kappa shape index (κ2) is 7.59. The maximum atomic E-state index is 8.90. The van der Waals surface area contributed by atoms with E-state index in [1.807, 2.05) is 6.20 Å². The van der Waals surface area contributed by atoms with Crippen LogP contribution in [0.2, 0.25) is 0 Å². The third-order valence-corrected chi connectivity index (χ3v) is 4.10. The molecule has 1 N–H and O–H groups in total. The number of nitrogens with one attached hydrogen (secondary N) is 1. The zero-order chi connectivity index (χ0) is 15.9. The van der Waals surface area contributed by atoms with Crippen molar-refractivity contribution in [3.63, 3.8) is 0 Å². The zero-order valence-corrected chi connectivity index (χ0v) is 13.2. The Morgan fingerprint density at radius 1 is 1.09 bits per heavy atom. The van der Waals surface area contributed by atoms with Crippen molar-refractivity contribution in [3.05, 3.63) is 47.8 Å². The van der Waals surface area contributed by atoms with Gasteiger partial charge in [-0.25, -0.2) is 9.97 Å². The summed E-state index contributed by atoms with van der Waals surface area (Å²) < 4.78 is 0. The molecule has 2 aromatic heterocycles. The van der Waals surface area contributed by atoms with E-state index in [0.29, 0.717) is 17.9 Å². The molecule has 118 valence electrons. The van der Waals surface area contributed by atoms with E-state index >= 15 is 0 Å². The molecule has 5 heteroatoms. The van der Waals surface area contributed by atoms with E-state index < -0.39 is 0 Å². The van der Waals surface area contributed by atoms with Crippen LogP contribution in [0.4, 0.5) is 11.6 Å². The first-order valence-corrected chi connectivity index (χ1v) is 8.15. The molecule has 3 heterocycles. The molecular formula is C18H21N5. The van der Waals surface area contributed by atoms with E-state index in [0.717, 1.165) is 24.5 Å². The molecule has 0 aromatic carbocycles. The van der Waals surface area contributed by atoms with Crippen molar-refractivity contribution in [3.8, 4) is 6.07 Å². The number of nitrogens with zero attached hydrogens (tertiary/aromatic N) is 4. The van der Waals surface area contributed by atoms with Gasteiger partial charge in [-0.15, -0.1) is 0 Å². The Kier molecular flexibility index (Phi) is 5.05. The van der Waals surface area contributed by atoms with Crippen LogP contribution in [0.5, 0.6) is 0 Å². The van der Waals surface area contributed by atoms with Gasteiger partial charge in [-0.2, -0.15) is 5.26 Å². The van der Waals surface area contributed by atoms with Gasteiger partial charge in [-0.05, 0) is 36.6 Å². The van der Waals surface area contributed by atoms with Crippen molar-refractivity contribution in [1.29, 1.82) is 5.26 Å². The lowest BCUT2D eigenvalue weighted by atomic mass is 10.2. The predicted octanol–water partition coefficient (Wildman–Crippen LogP) is 3.34. The number of rotatable bonds is 4. The number of nitriles is 1. The molecule has 0 saturated carbocycles. The molecule has 0 spiro atoms. The third kappa shape index (κ3) is 4.19. The summed E-state index contributed by atoms with van der Waals surface area (Å²) in [6.45, 7) is 2.86. The van der Waals surface area contributed by atoms with Crippen LogP contribution in [0.3, 0.4) is 0 Å². The molecule has 23 heavy (non-hydrogen) atoms. The van der Waals surface area contributed by atoms with Crippen molar-refractivity contribution in [2.75, 3.05) is 23.3 Å². The van der Waals surface area contributed by atoms with Gasteiger partial charge in [0.1, 0.15) is 11.6 Å². The molecule has 0 atom stereocenters. The molecule has 0 aliphatic carbocycles. The van der Waals surface area contributed by atoms with Gasteiger partial charge in [0.2, 0.25) is 0 Å². The van der Waals surface area contributed by atoms with E-state index in [1.54, 1.807) is 18.3 Å². The fourth-order valence-electron chi connectivity index (χ4n) is 2.80. The normalized spacial score (nSPS) is 14.8. The summed E-state index contributed by atoms with van der Waals surface area (Å²) in [5.74, 6) is 1.78. The van der Waals surface area contributed by atoms with Gasteiger partial charge in [-0.3, -0.25) is 0 Å². The van der Waals surface area contributed by atoms with Crippen molar-refractivity contribution < 1.29 is 0 Å². The quantitative estimate of drug-likeness (QED) is 0.938. The summed E-state index contributed by atoms with van der Waals surface area (Å²) in [6, 6.07) is 9.77. The Morgan fingerprint density at radius 3 is 2.61 bits per heavy atom. The standard InChI is InChI=1S/C18H21N5/c19-12-15-7-8-20-17(11-15)21-13-16-5-6-18(22-14-16)23-9-3-1-2-4-10-23/h5-8,11,14H,1-4,9-10,13H2,(H,20,21). The summed E-state index contributed by atoms with van der Waals surface area (Å²) in [5, 5.41) is 12.1. The van der Waals surface area contributed by atoms with Crippen LogP contribution in [0.1, 0.15) is 36.8 Å². The van der Waals surface area contributed by atoms with Crippen LogP contribution in [-0.2, 0) is 6.54 Å². The Morgan fingerprint density at radius 2 is 1.91 bits per heavy atom. The number of hydrogen-bond acceptors (Lipinski definition) is 5. The Hall–Kier alpha value is -2.61. The largest absolute Gasteiger partial charge is 0.366 e. The SMILES string of the molecule is N#Cc1ccnc(NCc2ccc(N3CCCCCC3)nc2)c1. The predicted molar refractivity (Wildman–Crippen MR) is 91.2 cm³/mol. The highest BCUT2D eigenvalue weighted by atomic mass is 15.2. The van der Waals surface area contributed by atoms with Crippen LogP contribution < -0.4 is 10.2 Å². The molecule has 1 aliphatic rings. The topological polar surface area (TPSA) is 64.8 Å². The van der Waals surface area contributed by atoms with Crippen molar-refractivity contribution >= 4 is 11.6 Å². The van der Waals surface area contributed by atoms with Gasteiger partial charge in [0.15, 0.2) is 0 Å². The summed E-state index contributed by atoms with van der Waals surface area (Å²) >= 11 is 0. The van der Waals surface area contributed by atoms with Crippen molar-refractivity contribution in [2.24, 2.45) is 0 Å². The third-order valence-electron chi connectivity index (χ3n) is 4.10. The summed E-state index contributed by atoms with van der Waals surface area (Å²) in [5.41, 5.74) is 1.71. The monoisotopic (exact) mass is 307 g/mol. The van der Waals surface area contributed by atoms with Gasteiger partial charge < -0.3 is 10.2 Å². The highest BCUT2D eigenvalue weighted by Crippen LogP contribution is 2.17.